The Balaban J connectivity index is 2.39. The van der Waals surface area contributed by atoms with E-state index in [4.69, 9.17) is 5.11 Å². The van der Waals surface area contributed by atoms with Crippen LogP contribution in [0.3, 0.4) is 0 Å². The Morgan fingerprint density at radius 2 is 2.11 bits per heavy atom. The fourth-order valence-corrected chi connectivity index (χ4v) is 3.47. The summed E-state index contributed by atoms with van der Waals surface area (Å²) in [5.74, 6) is -0.853. The summed E-state index contributed by atoms with van der Waals surface area (Å²) in [5, 5.41) is 8.92. The zero-order valence-corrected chi connectivity index (χ0v) is 11.6. The molecule has 0 radical (unpaired) electrons. The first kappa shape index (κ1) is 13.9. The second-order valence-electron chi connectivity index (χ2n) is 4.83. The number of carboxylic acids is 1. The number of aliphatic carboxylic acids is 1. The number of para-hydroxylation sites is 1. The predicted octanol–water partition coefficient (Wildman–Crippen LogP) is 1.53. The van der Waals surface area contributed by atoms with Crippen LogP contribution in [0.1, 0.15) is 19.3 Å². The summed E-state index contributed by atoms with van der Waals surface area (Å²) in [6, 6.07) is 6.65. The van der Waals surface area contributed by atoms with Gasteiger partial charge in [0.15, 0.2) is 9.84 Å². The van der Waals surface area contributed by atoms with Crippen LogP contribution in [0, 0.1) is 0 Å². The van der Waals surface area contributed by atoms with Crippen molar-refractivity contribution in [2.75, 3.05) is 17.7 Å². The number of rotatable bonds is 4. The van der Waals surface area contributed by atoms with Gasteiger partial charge in [-0.05, 0) is 25.0 Å². The first-order valence-electron chi connectivity index (χ1n) is 6.17. The summed E-state index contributed by atoms with van der Waals surface area (Å²) in [4.78, 5) is 13.0. The van der Waals surface area contributed by atoms with Crippen LogP contribution in [0.25, 0.3) is 0 Å². The van der Waals surface area contributed by atoms with E-state index in [1.807, 2.05) is 4.90 Å². The highest BCUT2D eigenvalue weighted by Crippen LogP contribution is 2.32. The quantitative estimate of drug-likeness (QED) is 0.907. The first-order chi connectivity index (χ1) is 8.89. The SMILES string of the molecule is CS(=O)(=O)c1ccccc1N1CCCC1CC(=O)O. The zero-order valence-electron chi connectivity index (χ0n) is 10.7. The Kier molecular flexibility index (Phi) is 3.80. The van der Waals surface area contributed by atoms with Crippen molar-refractivity contribution in [3.05, 3.63) is 24.3 Å². The molecular formula is C13H17NO4S. The Hall–Kier alpha value is -1.56. The summed E-state index contributed by atoms with van der Waals surface area (Å²) in [7, 11) is -3.31. The van der Waals surface area contributed by atoms with Gasteiger partial charge >= 0.3 is 5.97 Å². The molecule has 0 spiro atoms. The molecule has 1 aromatic carbocycles. The normalized spacial score (nSPS) is 19.6. The predicted molar refractivity (Wildman–Crippen MR) is 72.2 cm³/mol. The maximum atomic E-state index is 11.8. The Labute approximate surface area is 112 Å². The van der Waals surface area contributed by atoms with Crippen LogP contribution in [0.2, 0.25) is 0 Å². The van der Waals surface area contributed by atoms with Gasteiger partial charge in [-0.1, -0.05) is 12.1 Å². The van der Waals surface area contributed by atoms with Crippen molar-refractivity contribution in [3.8, 4) is 0 Å². The van der Waals surface area contributed by atoms with E-state index in [9.17, 15) is 13.2 Å². The molecule has 1 fully saturated rings. The maximum Gasteiger partial charge on any atom is 0.305 e. The molecule has 0 bridgehead atoms. The monoisotopic (exact) mass is 283 g/mol. The van der Waals surface area contributed by atoms with Crippen LogP contribution < -0.4 is 4.90 Å². The molecule has 1 heterocycles. The average Bonchev–Trinajstić information content (AvgIpc) is 2.75. The number of carboxylic acid groups (broad SMARTS) is 1. The van der Waals surface area contributed by atoms with Gasteiger partial charge in [0.25, 0.3) is 0 Å². The minimum atomic E-state index is -3.31. The van der Waals surface area contributed by atoms with Gasteiger partial charge in [-0.3, -0.25) is 4.79 Å². The van der Waals surface area contributed by atoms with Crippen molar-refractivity contribution in [3.63, 3.8) is 0 Å². The molecule has 1 atom stereocenters. The summed E-state index contributed by atoms with van der Waals surface area (Å²) in [6.07, 6.45) is 2.88. The molecule has 2 rings (SSSR count). The maximum absolute atomic E-state index is 11.8. The van der Waals surface area contributed by atoms with Gasteiger partial charge < -0.3 is 10.0 Å². The third kappa shape index (κ3) is 3.07. The molecule has 0 aromatic heterocycles. The van der Waals surface area contributed by atoms with E-state index < -0.39 is 15.8 Å². The van der Waals surface area contributed by atoms with Crippen LogP contribution in [0.5, 0.6) is 0 Å². The summed E-state index contributed by atoms with van der Waals surface area (Å²) in [5.41, 5.74) is 0.619. The molecule has 1 saturated heterocycles. The molecule has 0 saturated carbocycles. The standard InChI is InChI=1S/C13H17NO4S/c1-19(17,18)12-7-3-2-6-11(12)14-8-4-5-10(14)9-13(15)16/h2-3,6-7,10H,4-5,8-9H2,1H3,(H,15,16). The average molecular weight is 283 g/mol. The number of hydrogen-bond acceptors (Lipinski definition) is 4. The number of nitrogens with zero attached hydrogens (tertiary/aromatic N) is 1. The van der Waals surface area contributed by atoms with Gasteiger partial charge in [0, 0.05) is 18.8 Å². The second kappa shape index (κ2) is 5.21. The van der Waals surface area contributed by atoms with E-state index >= 15 is 0 Å². The molecule has 104 valence electrons. The van der Waals surface area contributed by atoms with E-state index in [0.717, 1.165) is 12.8 Å². The molecule has 1 aliphatic heterocycles. The highest BCUT2D eigenvalue weighted by atomic mass is 32.2. The highest BCUT2D eigenvalue weighted by Gasteiger charge is 2.29. The third-order valence-corrected chi connectivity index (χ3v) is 4.51. The summed E-state index contributed by atoms with van der Waals surface area (Å²) >= 11 is 0. The van der Waals surface area contributed by atoms with E-state index in [1.165, 1.54) is 6.26 Å². The molecule has 1 unspecified atom stereocenters. The molecule has 0 amide bonds. The molecule has 5 nitrogen and oxygen atoms in total. The first-order valence-corrected chi connectivity index (χ1v) is 8.06. The number of hydrogen-bond donors (Lipinski definition) is 1. The van der Waals surface area contributed by atoms with Crippen molar-refractivity contribution in [2.24, 2.45) is 0 Å². The van der Waals surface area contributed by atoms with Gasteiger partial charge in [-0.25, -0.2) is 8.42 Å². The fraction of sp³-hybridized carbons (Fsp3) is 0.462. The lowest BCUT2D eigenvalue weighted by Gasteiger charge is -2.27. The van der Waals surface area contributed by atoms with Crippen LogP contribution in [-0.2, 0) is 14.6 Å². The number of sulfone groups is 1. The third-order valence-electron chi connectivity index (χ3n) is 3.36. The Morgan fingerprint density at radius 3 is 2.74 bits per heavy atom. The Morgan fingerprint density at radius 1 is 1.42 bits per heavy atom. The smallest absolute Gasteiger partial charge is 0.305 e. The minimum absolute atomic E-state index is 0.0398. The molecule has 1 N–H and O–H groups in total. The van der Waals surface area contributed by atoms with Crippen LogP contribution in [-0.4, -0.2) is 38.3 Å². The van der Waals surface area contributed by atoms with Crippen LogP contribution >= 0.6 is 0 Å². The number of anilines is 1. The van der Waals surface area contributed by atoms with Crippen molar-refractivity contribution in [2.45, 2.75) is 30.2 Å². The number of benzene rings is 1. The molecule has 19 heavy (non-hydrogen) atoms. The largest absolute Gasteiger partial charge is 0.481 e. The Bertz CT molecular complexity index is 582. The van der Waals surface area contributed by atoms with Crippen molar-refractivity contribution >= 4 is 21.5 Å². The van der Waals surface area contributed by atoms with Crippen molar-refractivity contribution < 1.29 is 18.3 Å². The number of carbonyl (C=O) groups is 1. The van der Waals surface area contributed by atoms with E-state index in [1.54, 1.807) is 24.3 Å². The summed E-state index contributed by atoms with van der Waals surface area (Å²) in [6.45, 7) is 0.699. The minimum Gasteiger partial charge on any atom is -0.481 e. The molecule has 0 aliphatic carbocycles. The van der Waals surface area contributed by atoms with Gasteiger partial charge in [0.2, 0.25) is 0 Å². The van der Waals surface area contributed by atoms with E-state index in [2.05, 4.69) is 0 Å². The zero-order chi connectivity index (χ0) is 14.0. The van der Waals surface area contributed by atoms with Crippen LogP contribution in [0.4, 0.5) is 5.69 Å². The second-order valence-corrected chi connectivity index (χ2v) is 6.81. The molecule has 6 heteroatoms. The lowest BCUT2D eigenvalue weighted by Crippen LogP contribution is -2.32. The lowest BCUT2D eigenvalue weighted by atomic mass is 10.1. The fourth-order valence-electron chi connectivity index (χ4n) is 2.57. The van der Waals surface area contributed by atoms with Gasteiger partial charge in [0.05, 0.1) is 17.0 Å². The molecule has 1 aliphatic rings. The summed E-state index contributed by atoms with van der Waals surface area (Å²) < 4.78 is 23.6. The van der Waals surface area contributed by atoms with Gasteiger partial charge in [-0.15, -0.1) is 0 Å². The lowest BCUT2D eigenvalue weighted by molar-refractivity contribution is -0.137. The van der Waals surface area contributed by atoms with Gasteiger partial charge in [-0.2, -0.15) is 0 Å². The topological polar surface area (TPSA) is 74.7 Å². The van der Waals surface area contributed by atoms with E-state index in [0.29, 0.717) is 12.2 Å². The van der Waals surface area contributed by atoms with Crippen LogP contribution in [0.15, 0.2) is 29.2 Å². The van der Waals surface area contributed by atoms with Gasteiger partial charge in [0.1, 0.15) is 0 Å². The van der Waals surface area contributed by atoms with Crippen molar-refractivity contribution in [1.82, 2.24) is 0 Å². The molecular weight excluding hydrogens is 266 g/mol. The highest BCUT2D eigenvalue weighted by molar-refractivity contribution is 7.90. The van der Waals surface area contributed by atoms with E-state index in [-0.39, 0.29) is 17.4 Å². The van der Waals surface area contributed by atoms with Crippen molar-refractivity contribution in [1.29, 1.82) is 0 Å². The molecule has 1 aromatic rings.